The number of ether oxygens (including phenoxy) is 2. The Morgan fingerprint density at radius 1 is 1.19 bits per heavy atom. The van der Waals surface area contributed by atoms with E-state index in [0.717, 1.165) is 10.0 Å². The maximum Gasteiger partial charge on any atom is 0.316 e. The van der Waals surface area contributed by atoms with Crippen LogP contribution in [0.3, 0.4) is 0 Å². The zero-order valence-electron chi connectivity index (χ0n) is 15.1. The largest absolute Gasteiger partial charge is 0.452 e. The fourth-order valence-electron chi connectivity index (χ4n) is 2.48. The van der Waals surface area contributed by atoms with Crippen molar-refractivity contribution in [1.82, 2.24) is 0 Å². The highest BCUT2D eigenvalue weighted by molar-refractivity contribution is 9.10. The summed E-state index contributed by atoms with van der Waals surface area (Å²) in [5, 5.41) is 0. The first-order valence-electron chi connectivity index (χ1n) is 8.22. The van der Waals surface area contributed by atoms with Crippen molar-refractivity contribution >= 4 is 33.8 Å². The van der Waals surface area contributed by atoms with Gasteiger partial charge in [0, 0.05) is 10.0 Å². The molecule has 3 rings (SSSR count). The number of carbonyl (C=O) groups excluding carboxylic acids is 2. The molecule has 0 unspecified atom stereocenters. The second-order valence-corrected chi connectivity index (χ2v) is 8.12. The highest BCUT2D eigenvalue weighted by Gasteiger charge is 2.31. The third-order valence-corrected chi connectivity index (χ3v) is 4.49. The van der Waals surface area contributed by atoms with Crippen LogP contribution in [0.15, 0.2) is 46.6 Å². The molecule has 0 saturated heterocycles. The summed E-state index contributed by atoms with van der Waals surface area (Å²) in [6, 6.07) is 10.9. The number of esters is 1. The number of ketones is 1. The highest BCUT2D eigenvalue weighted by atomic mass is 79.9. The van der Waals surface area contributed by atoms with E-state index in [1.807, 2.05) is 24.3 Å². The molecule has 0 amide bonds. The molecule has 5 heteroatoms. The number of Topliss-reactive ketones (excluding diaryl/α,β-unsaturated/α-hetero) is 1. The molecule has 134 valence electrons. The number of benzene rings is 2. The first-order chi connectivity index (χ1) is 12.2. The Morgan fingerprint density at radius 3 is 2.58 bits per heavy atom. The molecule has 0 N–H and O–H groups in total. The summed E-state index contributed by atoms with van der Waals surface area (Å²) in [7, 11) is 0. The van der Waals surface area contributed by atoms with Gasteiger partial charge in [0.25, 0.3) is 0 Å². The molecule has 1 aliphatic rings. The molecule has 0 spiro atoms. The Balaban J connectivity index is 1.93. The van der Waals surface area contributed by atoms with Gasteiger partial charge in [0.1, 0.15) is 11.5 Å². The molecule has 4 nitrogen and oxygen atoms in total. The van der Waals surface area contributed by atoms with Gasteiger partial charge in [-0.2, -0.15) is 0 Å². The van der Waals surface area contributed by atoms with Crippen LogP contribution in [0.4, 0.5) is 0 Å². The summed E-state index contributed by atoms with van der Waals surface area (Å²) in [5.74, 6) is 0.572. The predicted molar refractivity (Wildman–Crippen MR) is 103 cm³/mol. The number of hydrogen-bond donors (Lipinski definition) is 0. The van der Waals surface area contributed by atoms with Gasteiger partial charge in [-0.15, -0.1) is 0 Å². The minimum absolute atomic E-state index is 0.184. The first kappa shape index (κ1) is 18.4. The van der Waals surface area contributed by atoms with Crippen LogP contribution in [-0.4, -0.2) is 11.8 Å². The quantitative estimate of drug-likeness (QED) is 0.378. The van der Waals surface area contributed by atoms with Crippen LogP contribution in [0.25, 0.3) is 6.08 Å². The number of hydrogen-bond acceptors (Lipinski definition) is 4. The number of carbonyl (C=O) groups is 2. The van der Waals surface area contributed by atoms with Crippen molar-refractivity contribution in [3.8, 4) is 11.5 Å². The number of rotatable bonds is 2. The van der Waals surface area contributed by atoms with Crippen molar-refractivity contribution in [1.29, 1.82) is 0 Å². The minimum Gasteiger partial charge on any atom is -0.452 e. The summed E-state index contributed by atoms with van der Waals surface area (Å²) < 4.78 is 12.2. The van der Waals surface area contributed by atoms with Crippen LogP contribution in [-0.2, 0) is 4.79 Å². The molecule has 0 aliphatic carbocycles. The monoisotopic (exact) mass is 414 g/mol. The molecule has 2 aromatic carbocycles. The molecule has 2 aromatic rings. The van der Waals surface area contributed by atoms with E-state index in [1.54, 1.807) is 45.9 Å². The summed E-state index contributed by atoms with van der Waals surface area (Å²) in [4.78, 5) is 24.8. The van der Waals surface area contributed by atoms with E-state index in [0.29, 0.717) is 22.6 Å². The maximum absolute atomic E-state index is 12.6. The smallest absolute Gasteiger partial charge is 0.316 e. The Kier molecular flexibility index (Phi) is 4.76. The van der Waals surface area contributed by atoms with E-state index < -0.39 is 5.41 Å². The van der Waals surface area contributed by atoms with E-state index in [4.69, 9.17) is 9.47 Å². The van der Waals surface area contributed by atoms with Crippen LogP contribution in [0.1, 0.15) is 42.3 Å². The third-order valence-electron chi connectivity index (χ3n) is 4.00. The van der Waals surface area contributed by atoms with E-state index in [1.165, 1.54) is 0 Å². The van der Waals surface area contributed by atoms with Gasteiger partial charge in [0.15, 0.2) is 5.76 Å². The van der Waals surface area contributed by atoms with Crippen molar-refractivity contribution in [3.63, 3.8) is 0 Å². The first-order valence-corrected chi connectivity index (χ1v) is 9.02. The molecule has 0 saturated carbocycles. The van der Waals surface area contributed by atoms with Gasteiger partial charge in [0.05, 0.1) is 11.0 Å². The molecule has 0 aromatic heterocycles. The number of halogens is 1. The van der Waals surface area contributed by atoms with E-state index in [9.17, 15) is 9.59 Å². The molecule has 0 radical (unpaired) electrons. The second kappa shape index (κ2) is 6.72. The minimum atomic E-state index is -0.617. The maximum atomic E-state index is 12.6. The lowest BCUT2D eigenvalue weighted by molar-refractivity contribution is -0.143. The summed E-state index contributed by atoms with van der Waals surface area (Å²) >= 11 is 3.41. The van der Waals surface area contributed by atoms with Crippen LogP contribution in [0, 0.1) is 12.3 Å². The molecular formula is C21H19BrO4. The normalized spacial score (nSPS) is 15.0. The van der Waals surface area contributed by atoms with Crippen molar-refractivity contribution < 1.29 is 19.1 Å². The Labute approximate surface area is 160 Å². The van der Waals surface area contributed by atoms with Gasteiger partial charge in [-0.1, -0.05) is 28.1 Å². The number of fused-ring (bicyclic) bond motifs is 1. The topological polar surface area (TPSA) is 52.6 Å². The van der Waals surface area contributed by atoms with Crippen LogP contribution in [0.5, 0.6) is 11.5 Å². The zero-order chi connectivity index (χ0) is 19.1. The molecule has 0 fully saturated rings. The SMILES string of the molecule is Cc1c(OC(=O)C(C)(C)C)ccc2c1O/C(=C\c1cccc(Br)c1)C2=O. The molecule has 1 aliphatic heterocycles. The second-order valence-electron chi connectivity index (χ2n) is 7.20. The van der Waals surface area contributed by atoms with Gasteiger partial charge in [-0.25, -0.2) is 0 Å². The van der Waals surface area contributed by atoms with Gasteiger partial charge < -0.3 is 9.47 Å². The van der Waals surface area contributed by atoms with Crippen molar-refractivity contribution in [3.05, 3.63) is 63.3 Å². The average molecular weight is 415 g/mol. The van der Waals surface area contributed by atoms with E-state index >= 15 is 0 Å². The molecule has 26 heavy (non-hydrogen) atoms. The lowest BCUT2D eigenvalue weighted by Gasteiger charge is -2.17. The lowest BCUT2D eigenvalue weighted by atomic mass is 9.97. The fraction of sp³-hybridized carbons (Fsp3) is 0.238. The Hall–Kier alpha value is -2.40. The van der Waals surface area contributed by atoms with Gasteiger partial charge in [0.2, 0.25) is 5.78 Å². The van der Waals surface area contributed by atoms with Crippen molar-refractivity contribution in [2.45, 2.75) is 27.7 Å². The lowest BCUT2D eigenvalue weighted by Crippen LogP contribution is -2.25. The molecule has 0 bridgehead atoms. The van der Waals surface area contributed by atoms with Gasteiger partial charge in [-0.05, 0) is 63.6 Å². The van der Waals surface area contributed by atoms with Crippen LogP contribution in [0.2, 0.25) is 0 Å². The van der Waals surface area contributed by atoms with Crippen LogP contribution >= 0.6 is 15.9 Å². The fourth-order valence-corrected chi connectivity index (χ4v) is 2.90. The Morgan fingerprint density at radius 2 is 1.92 bits per heavy atom. The molecular weight excluding hydrogens is 396 g/mol. The van der Waals surface area contributed by atoms with E-state index in [-0.39, 0.29) is 17.5 Å². The van der Waals surface area contributed by atoms with Crippen LogP contribution < -0.4 is 9.47 Å². The highest BCUT2D eigenvalue weighted by Crippen LogP contribution is 2.39. The van der Waals surface area contributed by atoms with Crippen molar-refractivity contribution in [2.24, 2.45) is 5.41 Å². The van der Waals surface area contributed by atoms with Gasteiger partial charge >= 0.3 is 5.97 Å². The molecule has 0 atom stereocenters. The summed E-state index contributed by atoms with van der Waals surface area (Å²) in [6.07, 6.45) is 1.70. The Bertz CT molecular complexity index is 936. The van der Waals surface area contributed by atoms with E-state index in [2.05, 4.69) is 15.9 Å². The van der Waals surface area contributed by atoms with Gasteiger partial charge in [-0.3, -0.25) is 9.59 Å². The number of allylic oxidation sites excluding steroid dienone is 1. The molecule has 1 heterocycles. The van der Waals surface area contributed by atoms with Crippen molar-refractivity contribution in [2.75, 3.05) is 0 Å². The summed E-state index contributed by atoms with van der Waals surface area (Å²) in [6.45, 7) is 7.14. The standard InChI is InChI=1S/C21H19BrO4/c1-12-16(26-20(24)21(2,3)4)9-8-15-18(23)17(25-19(12)15)11-13-6-5-7-14(22)10-13/h5-11H,1-4H3/b17-11-. The average Bonchev–Trinajstić information content (AvgIpc) is 2.86. The zero-order valence-corrected chi connectivity index (χ0v) is 16.6. The third kappa shape index (κ3) is 3.58. The predicted octanol–water partition coefficient (Wildman–Crippen LogP) is 5.33. The summed E-state index contributed by atoms with van der Waals surface area (Å²) in [5.41, 5.74) is 1.34.